The van der Waals surface area contributed by atoms with Crippen LogP contribution < -0.4 is 10.6 Å². The number of pyridine rings is 2. The fourth-order valence-corrected chi connectivity index (χ4v) is 3.50. The summed E-state index contributed by atoms with van der Waals surface area (Å²) in [6.07, 6.45) is 10.8. The van der Waals surface area contributed by atoms with Gasteiger partial charge in [-0.2, -0.15) is 0 Å². The summed E-state index contributed by atoms with van der Waals surface area (Å²) in [4.78, 5) is 20.9. The molecule has 3 N–H and O–H groups in total. The topological polar surface area (TPSA) is 87.1 Å². The van der Waals surface area contributed by atoms with E-state index in [4.69, 9.17) is 0 Å². The van der Waals surface area contributed by atoms with Crippen LogP contribution in [0.4, 0.5) is 5.82 Å². The second-order valence-electron chi connectivity index (χ2n) is 7.71. The molecular formula is C24H32N4O2. The van der Waals surface area contributed by atoms with Crippen molar-refractivity contribution in [3.63, 3.8) is 0 Å². The highest BCUT2D eigenvalue weighted by atomic mass is 16.3. The van der Waals surface area contributed by atoms with Gasteiger partial charge in [-0.1, -0.05) is 33.3 Å². The van der Waals surface area contributed by atoms with Crippen molar-refractivity contribution in [2.75, 3.05) is 5.32 Å². The average Bonchev–Trinajstić information content (AvgIpc) is 3.60. The lowest BCUT2D eigenvalue weighted by Crippen LogP contribution is -2.37. The molecule has 1 fully saturated rings. The van der Waals surface area contributed by atoms with Crippen LogP contribution in [0.5, 0.6) is 0 Å². The van der Waals surface area contributed by atoms with Crippen LogP contribution in [0.15, 0.2) is 42.4 Å². The summed E-state index contributed by atoms with van der Waals surface area (Å²) in [5.41, 5.74) is 2.95. The lowest BCUT2D eigenvalue weighted by molar-refractivity contribution is -0.117. The van der Waals surface area contributed by atoms with E-state index in [0.29, 0.717) is 5.82 Å². The zero-order valence-corrected chi connectivity index (χ0v) is 18.3. The molecule has 0 saturated heterocycles. The Labute approximate surface area is 178 Å². The third-order valence-electron chi connectivity index (χ3n) is 5.35. The third kappa shape index (κ3) is 5.05. The maximum Gasteiger partial charge on any atom is 0.228 e. The minimum atomic E-state index is -0.393. The van der Waals surface area contributed by atoms with E-state index in [0.717, 1.165) is 53.3 Å². The molecule has 1 aliphatic heterocycles. The molecule has 30 heavy (non-hydrogen) atoms. The lowest BCUT2D eigenvalue weighted by atomic mass is 9.95. The summed E-state index contributed by atoms with van der Waals surface area (Å²) in [7, 11) is 0. The minimum Gasteiger partial charge on any atom is -0.391 e. The molecule has 6 nitrogen and oxygen atoms in total. The Bertz CT molecular complexity index is 963. The van der Waals surface area contributed by atoms with E-state index in [1.165, 1.54) is 0 Å². The molecule has 0 spiro atoms. The van der Waals surface area contributed by atoms with Gasteiger partial charge in [-0.05, 0) is 43.9 Å². The van der Waals surface area contributed by atoms with Crippen molar-refractivity contribution < 1.29 is 9.90 Å². The number of hydrogen-bond acceptors (Lipinski definition) is 5. The molecule has 6 heteroatoms. The van der Waals surface area contributed by atoms with Crippen LogP contribution in [0.2, 0.25) is 0 Å². The number of aromatic nitrogens is 2. The van der Waals surface area contributed by atoms with Gasteiger partial charge in [0.05, 0.1) is 17.8 Å². The highest BCUT2D eigenvalue weighted by Crippen LogP contribution is 2.31. The summed E-state index contributed by atoms with van der Waals surface area (Å²) in [5.74, 6) is 0.773. The number of fused-ring (bicyclic) bond motifs is 1. The predicted octanol–water partition coefficient (Wildman–Crippen LogP) is 4.42. The maximum atomic E-state index is 11.9. The minimum absolute atomic E-state index is 0.0513. The van der Waals surface area contributed by atoms with Gasteiger partial charge in [0.25, 0.3) is 0 Å². The smallest absolute Gasteiger partial charge is 0.228 e. The first-order valence-electron chi connectivity index (χ1n) is 10.9. The number of dihydropyridines is 1. The Hall–Kier alpha value is -2.73. The number of allylic oxidation sites excluding steroid dienone is 2. The van der Waals surface area contributed by atoms with Gasteiger partial charge in [0.1, 0.15) is 5.82 Å². The molecule has 2 aromatic heterocycles. The zero-order valence-electron chi connectivity index (χ0n) is 18.3. The van der Waals surface area contributed by atoms with Gasteiger partial charge in [0.2, 0.25) is 5.91 Å². The Morgan fingerprint density at radius 1 is 1.23 bits per heavy atom. The number of aliphatic hydroxyl groups excluding tert-OH is 1. The van der Waals surface area contributed by atoms with Crippen molar-refractivity contribution >= 4 is 28.1 Å². The molecule has 3 heterocycles. The van der Waals surface area contributed by atoms with E-state index < -0.39 is 6.10 Å². The van der Waals surface area contributed by atoms with E-state index in [2.05, 4.69) is 33.6 Å². The van der Waals surface area contributed by atoms with Crippen LogP contribution in [0.25, 0.3) is 16.3 Å². The van der Waals surface area contributed by atoms with Gasteiger partial charge in [-0.3, -0.25) is 9.78 Å². The Kier molecular flexibility index (Phi) is 7.21. The first kappa shape index (κ1) is 22.0. The zero-order chi connectivity index (χ0) is 21.7. The second-order valence-corrected chi connectivity index (χ2v) is 7.71. The SMILES string of the molecule is CC.CCCC(O)C1C=C(C)C(c2cc3cnc(NC(=O)C4CC4)cc3cn2)=CN1. The third-order valence-corrected chi connectivity index (χ3v) is 5.35. The maximum absolute atomic E-state index is 11.9. The van der Waals surface area contributed by atoms with Crippen molar-refractivity contribution in [3.05, 3.63) is 48.1 Å². The average molecular weight is 409 g/mol. The molecule has 2 aliphatic rings. The molecule has 160 valence electrons. The van der Waals surface area contributed by atoms with Gasteiger partial charge < -0.3 is 15.7 Å². The number of carbonyl (C=O) groups is 1. The van der Waals surface area contributed by atoms with Crippen molar-refractivity contribution in [1.82, 2.24) is 15.3 Å². The van der Waals surface area contributed by atoms with Gasteiger partial charge in [-0.25, -0.2) is 4.98 Å². The summed E-state index contributed by atoms with van der Waals surface area (Å²) in [6.45, 7) is 8.11. The Morgan fingerprint density at radius 3 is 2.60 bits per heavy atom. The highest BCUT2D eigenvalue weighted by molar-refractivity contribution is 5.95. The molecule has 0 radical (unpaired) electrons. The molecular weight excluding hydrogens is 376 g/mol. The number of carbonyl (C=O) groups excluding carboxylic acids is 1. The predicted molar refractivity (Wildman–Crippen MR) is 122 cm³/mol. The molecule has 1 aliphatic carbocycles. The van der Waals surface area contributed by atoms with Gasteiger partial charge >= 0.3 is 0 Å². The van der Waals surface area contributed by atoms with Crippen LogP contribution in [-0.2, 0) is 4.79 Å². The highest BCUT2D eigenvalue weighted by Gasteiger charge is 2.29. The number of amides is 1. The largest absolute Gasteiger partial charge is 0.391 e. The molecule has 2 unspecified atom stereocenters. The van der Waals surface area contributed by atoms with Crippen molar-refractivity contribution in [3.8, 4) is 0 Å². The number of aliphatic hydroxyl groups is 1. The van der Waals surface area contributed by atoms with E-state index in [1.807, 2.05) is 45.3 Å². The van der Waals surface area contributed by atoms with Gasteiger partial charge in [0.15, 0.2) is 0 Å². The Balaban J connectivity index is 0.00000124. The fraction of sp³-hybridized carbons (Fsp3) is 0.458. The number of nitrogens with one attached hydrogen (secondary N) is 2. The van der Waals surface area contributed by atoms with Crippen LogP contribution in [0, 0.1) is 5.92 Å². The molecule has 0 aromatic carbocycles. The standard InChI is InChI=1S/C22H26N4O2.C2H6/c1-3-4-20(27)19-7-13(2)17(12-24-19)18-8-15-11-25-21(9-16(15)10-23-18)26-22(28)14-5-6-14;1-2/h7-12,14,19-20,24,27H,3-6H2,1-2H3,(H,25,26,28);1-2H3. The summed E-state index contributed by atoms with van der Waals surface area (Å²) >= 11 is 0. The van der Waals surface area contributed by atoms with E-state index in [1.54, 1.807) is 6.20 Å². The number of hydrogen-bond donors (Lipinski definition) is 3. The Morgan fingerprint density at radius 2 is 1.93 bits per heavy atom. The summed E-state index contributed by atoms with van der Waals surface area (Å²) < 4.78 is 0. The first-order valence-corrected chi connectivity index (χ1v) is 10.9. The molecule has 2 atom stereocenters. The normalized spacial score (nSPS) is 19.0. The second kappa shape index (κ2) is 9.85. The van der Waals surface area contributed by atoms with Crippen molar-refractivity contribution in [1.29, 1.82) is 0 Å². The monoisotopic (exact) mass is 408 g/mol. The molecule has 1 amide bonds. The van der Waals surface area contributed by atoms with Crippen LogP contribution in [0.3, 0.4) is 0 Å². The van der Waals surface area contributed by atoms with E-state index in [-0.39, 0.29) is 17.9 Å². The molecule has 2 aromatic rings. The summed E-state index contributed by atoms with van der Waals surface area (Å²) in [6, 6.07) is 3.80. The van der Waals surface area contributed by atoms with Gasteiger partial charge in [0, 0.05) is 40.9 Å². The van der Waals surface area contributed by atoms with Crippen LogP contribution in [-0.4, -0.2) is 33.1 Å². The quantitative estimate of drug-likeness (QED) is 0.658. The lowest BCUT2D eigenvalue weighted by Gasteiger charge is -2.26. The van der Waals surface area contributed by atoms with Crippen molar-refractivity contribution in [2.45, 2.75) is 65.5 Å². The van der Waals surface area contributed by atoms with E-state index >= 15 is 0 Å². The molecule has 4 rings (SSSR count). The van der Waals surface area contributed by atoms with Crippen LogP contribution in [0.1, 0.15) is 59.1 Å². The van der Waals surface area contributed by atoms with Crippen molar-refractivity contribution in [2.24, 2.45) is 5.92 Å². The number of anilines is 1. The van der Waals surface area contributed by atoms with E-state index in [9.17, 15) is 9.90 Å². The van der Waals surface area contributed by atoms with Gasteiger partial charge in [-0.15, -0.1) is 0 Å². The molecule has 1 saturated carbocycles. The number of nitrogens with zero attached hydrogens (tertiary/aromatic N) is 2. The first-order chi connectivity index (χ1) is 14.5. The summed E-state index contributed by atoms with van der Waals surface area (Å²) in [5, 5.41) is 18.3. The fourth-order valence-electron chi connectivity index (χ4n) is 3.50. The molecule has 0 bridgehead atoms. The number of rotatable bonds is 6. The van der Waals surface area contributed by atoms with Crippen LogP contribution >= 0.6 is 0 Å².